The number of carbonyl (C=O) groups is 3. The van der Waals surface area contributed by atoms with Crippen LogP contribution in [0, 0.1) is 18.8 Å². The zero-order valence-electron chi connectivity index (χ0n) is 15.7. The molecule has 3 rings (SSSR count). The fourth-order valence-corrected chi connectivity index (χ4v) is 5.09. The quantitative estimate of drug-likeness (QED) is 0.688. The molecular formula is C21H24N2O4S. The summed E-state index contributed by atoms with van der Waals surface area (Å²) in [5.41, 5.74) is 7.74. The highest BCUT2D eigenvalue weighted by Gasteiger charge is 2.36. The van der Waals surface area contributed by atoms with E-state index in [9.17, 15) is 19.5 Å². The summed E-state index contributed by atoms with van der Waals surface area (Å²) in [5.74, 6) is -3.16. The molecule has 0 aliphatic heterocycles. The number of carboxylic acids is 1. The van der Waals surface area contributed by atoms with Crippen LogP contribution in [0.2, 0.25) is 0 Å². The van der Waals surface area contributed by atoms with Gasteiger partial charge in [-0.1, -0.05) is 43.2 Å². The Morgan fingerprint density at radius 1 is 1.14 bits per heavy atom. The van der Waals surface area contributed by atoms with E-state index in [0.717, 1.165) is 28.8 Å². The Labute approximate surface area is 167 Å². The molecule has 1 aliphatic rings. The number of thiophene rings is 1. The third-order valence-corrected chi connectivity index (χ3v) is 6.56. The first kappa shape index (κ1) is 20.1. The van der Waals surface area contributed by atoms with Crippen LogP contribution >= 0.6 is 11.3 Å². The number of hydrogen-bond donors (Lipinski definition) is 3. The number of aliphatic carboxylic acids is 1. The van der Waals surface area contributed by atoms with Crippen molar-refractivity contribution in [1.29, 1.82) is 0 Å². The maximum absolute atomic E-state index is 12.8. The first-order chi connectivity index (χ1) is 13.4. The number of carbonyl (C=O) groups excluding carboxylic acids is 2. The maximum Gasteiger partial charge on any atom is 0.307 e. The molecule has 2 atom stereocenters. The molecule has 0 spiro atoms. The first-order valence-corrected chi connectivity index (χ1v) is 10.2. The molecule has 1 aromatic heterocycles. The minimum absolute atomic E-state index is 0.312. The van der Waals surface area contributed by atoms with E-state index in [1.54, 1.807) is 0 Å². The monoisotopic (exact) mass is 400 g/mol. The van der Waals surface area contributed by atoms with Gasteiger partial charge in [0, 0.05) is 11.3 Å². The Hall–Kier alpha value is -2.67. The third-order valence-electron chi connectivity index (χ3n) is 5.36. The van der Waals surface area contributed by atoms with Crippen molar-refractivity contribution < 1.29 is 19.5 Å². The number of carboxylic acid groups (broad SMARTS) is 1. The van der Waals surface area contributed by atoms with Crippen molar-refractivity contribution >= 4 is 34.1 Å². The van der Waals surface area contributed by atoms with Gasteiger partial charge in [-0.2, -0.15) is 0 Å². The van der Waals surface area contributed by atoms with E-state index >= 15 is 0 Å². The van der Waals surface area contributed by atoms with Crippen molar-refractivity contribution in [2.75, 3.05) is 5.32 Å². The summed E-state index contributed by atoms with van der Waals surface area (Å²) in [4.78, 5) is 37.3. The molecule has 2 amide bonds. The van der Waals surface area contributed by atoms with Crippen LogP contribution in [0.5, 0.6) is 0 Å². The summed E-state index contributed by atoms with van der Waals surface area (Å²) in [6, 6.07) is 9.84. The average molecular weight is 401 g/mol. The highest BCUT2D eigenvalue weighted by atomic mass is 32.1. The maximum atomic E-state index is 12.8. The van der Waals surface area contributed by atoms with Gasteiger partial charge < -0.3 is 16.2 Å². The van der Waals surface area contributed by atoms with E-state index in [0.29, 0.717) is 29.8 Å². The van der Waals surface area contributed by atoms with Crippen LogP contribution < -0.4 is 11.1 Å². The molecule has 0 saturated heterocycles. The molecular weight excluding hydrogens is 376 g/mol. The number of hydrogen-bond acceptors (Lipinski definition) is 4. The highest BCUT2D eigenvalue weighted by Crippen LogP contribution is 2.36. The number of benzene rings is 1. The van der Waals surface area contributed by atoms with Gasteiger partial charge in [-0.05, 0) is 30.9 Å². The predicted molar refractivity (Wildman–Crippen MR) is 109 cm³/mol. The SMILES string of the molecule is Cc1c(Cc2ccccc2)sc(NC(=O)[C@H]2CCCC[C@@H]2C(=O)O)c1C(N)=O. The summed E-state index contributed by atoms with van der Waals surface area (Å²) < 4.78 is 0. The van der Waals surface area contributed by atoms with Gasteiger partial charge in [0.1, 0.15) is 5.00 Å². The van der Waals surface area contributed by atoms with E-state index < -0.39 is 23.7 Å². The molecule has 0 radical (unpaired) electrons. The van der Waals surface area contributed by atoms with Crippen molar-refractivity contribution in [3.63, 3.8) is 0 Å². The van der Waals surface area contributed by atoms with E-state index in [2.05, 4.69) is 5.32 Å². The van der Waals surface area contributed by atoms with E-state index in [1.807, 2.05) is 37.3 Å². The van der Waals surface area contributed by atoms with Crippen LogP contribution in [-0.4, -0.2) is 22.9 Å². The van der Waals surface area contributed by atoms with Crippen molar-refractivity contribution in [3.8, 4) is 0 Å². The van der Waals surface area contributed by atoms with E-state index in [4.69, 9.17) is 5.73 Å². The lowest BCUT2D eigenvalue weighted by Gasteiger charge is -2.27. The Kier molecular flexibility index (Phi) is 6.14. The molecule has 6 nitrogen and oxygen atoms in total. The molecule has 0 unspecified atom stereocenters. The number of rotatable bonds is 6. The molecule has 1 saturated carbocycles. The minimum atomic E-state index is -0.942. The van der Waals surface area contributed by atoms with Gasteiger partial charge in [-0.3, -0.25) is 14.4 Å². The normalized spacial score (nSPS) is 19.2. The molecule has 4 N–H and O–H groups in total. The fourth-order valence-electron chi connectivity index (χ4n) is 3.84. The van der Waals surface area contributed by atoms with Gasteiger partial charge in [-0.25, -0.2) is 0 Å². The lowest BCUT2D eigenvalue weighted by molar-refractivity contribution is -0.147. The molecule has 1 fully saturated rings. The topological polar surface area (TPSA) is 109 Å². The van der Waals surface area contributed by atoms with Gasteiger partial charge in [0.05, 0.1) is 17.4 Å². The zero-order valence-corrected chi connectivity index (χ0v) is 16.6. The smallest absolute Gasteiger partial charge is 0.307 e. The lowest BCUT2D eigenvalue weighted by Crippen LogP contribution is -2.36. The highest BCUT2D eigenvalue weighted by molar-refractivity contribution is 7.17. The Morgan fingerprint density at radius 2 is 1.79 bits per heavy atom. The van der Waals surface area contributed by atoms with Crippen LogP contribution in [-0.2, 0) is 16.0 Å². The molecule has 28 heavy (non-hydrogen) atoms. The van der Waals surface area contributed by atoms with Crippen LogP contribution in [0.15, 0.2) is 30.3 Å². The van der Waals surface area contributed by atoms with Crippen molar-refractivity contribution in [3.05, 3.63) is 51.9 Å². The molecule has 0 bridgehead atoms. The second-order valence-corrected chi connectivity index (χ2v) is 8.31. The Bertz CT molecular complexity index is 891. The zero-order chi connectivity index (χ0) is 20.3. The van der Waals surface area contributed by atoms with Crippen LogP contribution in [0.4, 0.5) is 5.00 Å². The van der Waals surface area contributed by atoms with Gasteiger partial charge >= 0.3 is 5.97 Å². The van der Waals surface area contributed by atoms with Gasteiger partial charge in [0.15, 0.2) is 0 Å². The molecule has 1 heterocycles. The van der Waals surface area contributed by atoms with Crippen molar-refractivity contribution in [2.45, 2.75) is 39.0 Å². The summed E-state index contributed by atoms with van der Waals surface area (Å²) in [7, 11) is 0. The van der Waals surface area contributed by atoms with Crippen molar-refractivity contribution in [1.82, 2.24) is 0 Å². The Morgan fingerprint density at radius 3 is 2.39 bits per heavy atom. The minimum Gasteiger partial charge on any atom is -0.481 e. The van der Waals surface area contributed by atoms with Gasteiger partial charge in [0.2, 0.25) is 5.91 Å². The number of nitrogens with one attached hydrogen (secondary N) is 1. The number of amides is 2. The Balaban J connectivity index is 1.86. The van der Waals surface area contributed by atoms with Crippen LogP contribution in [0.1, 0.15) is 52.0 Å². The number of anilines is 1. The van der Waals surface area contributed by atoms with Gasteiger partial charge in [-0.15, -0.1) is 11.3 Å². The third kappa shape index (κ3) is 4.25. The molecule has 148 valence electrons. The number of nitrogens with two attached hydrogens (primary N) is 1. The van der Waals surface area contributed by atoms with E-state index in [-0.39, 0.29) is 5.91 Å². The molecule has 7 heteroatoms. The summed E-state index contributed by atoms with van der Waals surface area (Å²) in [6.07, 6.45) is 3.31. The predicted octanol–water partition coefficient (Wildman–Crippen LogP) is 3.58. The summed E-state index contributed by atoms with van der Waals surface area (Å²) in [5, 5.41) is 12.6. The second kappa shape index (κ2) is 8.56. The average Bonchev–Trinajstić information content (AvgIpc) is 2.97. The summed E-state index contributed by atoms with van der Waals surface area (Å²) >= 11 is 1.33. The standard InChI is InChI=1S/C21H24N2O4S/c1-12-16(11-13-7-3-2-4-8-13)28-20(17(12)18(22)24)23-19(25)14-9-5-6-10-15(14)21(26)27/h2-4,7-8,14-15H,5-6,9-11H2,1H3,(H2,22,24)(H,23,25)(H,26,27)/t14-,15-/m0/s1. The molecule has 1 aliphatic carbocycles. The number of primary amides is 1. The second-order valence-electron chi connectivity index (χ2n) is 7.21. The summed E-state index contributed by atoms with van der Waals surface area (Å²) in [6.45, 7) is 1.82. The van der Waals surface area contributed by atoms with Crippen LogP contribution in [0.25, 0.3) is 0 Å². The largest absolute Gasteiger partial charge is 0.481 e. The van der Waals surface area contributed by atoms with E-state index in [1.165, 1.54) is 11.3 Å². The van der Waals surface area contributed by atoms with Crippen LogP contribution in [0.3, 0.4) is 0 Å². The molecule has 1 aromatic carbocycles. The first-order valence-electron chi connectivity index (χ1n) is 9.38. The fraction of sp³-hybridized carbons (Fsp3) is 0.381. The van der Waals surface area contributed by atoms with Crippen molar-refractivity contribution in [2.24, 2.45) is 17.6 Å². The van der Waals surface area contributed by atoms with Gasteiger partial charge in [0.25, 0.3) is 5.91 Å². The molecule has 2 aromatic rings. The lowest BCUT2D eigenvalue weighted by atomic mass is 9.79.